The number of hydrogen-bond donors (Lipinski definition) is 2. The lowest BCUT2D eigenvalue weighted by Crippen LogP contribution is -2.17. The average molecular weight is 271 g/mol. The van der Waals surface area contributed by atoms with Crippen LogP contribution in [0.25, 0.3) is 0 Å². The molecule has 1 aromatic carbocycles. The third-order valence-electron chi connectivity index (χ3n) is 2.97. The fourth-order valence-corrected chi connectivity index (χ4v) is 1.92. The second kappa shape index (κ2) is 7.11. The van der Waals surface area contributed by atoms with Crippen molar-refractivity contribution in [3.63, 3.8) is 0 Å². The summed E-state index contributed by atoms with van der Waals surface area (Å²) >= 11 is 6.03. The number of rotatable bonds is 6. The number of halogens is 1. The lowest BCUT2D eigenvalue weighted by atomic mass is 10.1. The molecule has 0 saturated carbocycles. The largest absolute Gasteiger partial charge is 0.492 e. The van der Waals surface area contributed by atoms with Crippen LogP contribution in [-0.4, -0.2) is 17.6 Å². The Labute approximate surface area is 112 Å². The summed E-state index contributed by atoms with van der Waals surface area (Å²) in [7, 11) is 0. The molecule has 0 heterocycles. The van der Waals surface area contributed by atoms with Gasteiger partial charge in [-0.25, -0.2) is 0 Å². The first kappa shape index (κ1) is 14.6. The van der Waals surface area contributed by atoms with Gasteiger partial charge in [0.15, 0.2) is 5.84 Å². The molecule has 0 bridgehead atoms. The lowest BCUT2D eigenvalue weighted by molar-refractivity contribution is 0.240. The topological polar surface area (TPSA) is 67.8 Å². The number of nitrogens with zero attached hydrogens (tertiary/aromatic N) is 1. The van der Waals surface area contributed by atoms with E-state index in [1.54, 1.807) is 18.2 Å². The van der Waals surface area contributed by atoms with Crippen LogP contribution in [0.5, 0.6) is 5.75 Å². The summed E-state index contributed by atoms with van der Waals surface area (Å²) in [6.07, 6.45) is 2.10. The summed E-state index contributed by atoms with van der Waals surface area (Å²) in [5.74, 6) is 0.994. The van der Waals surface area contributed by atoms with Crippen molar-refractivity contribution in [1.82, 2.24) is 0 Å². The highest BCUT2D eigenvalue weighted by Gasteiger charge is 2.14. The lowest BCUT2D eigenvalue weighted by Gasteiger charge is -2.16. The molecule has 0 saturated heterocycles. The van der Waals surface area contributed by atoms with Crippen LogP contribution in [0.3, 0.4) is 0 Å². The average Bonchev–Trinajstić information content (AvgIpc) is 2.39. The van der Waals surface area contributed by atoms with Gasteiger partial charge in [-0.15, -0.1) is 0 Å². The molecular formula is C13H19ClN2O2. The van der Waals surface area contributed by atoms with Gasteiger partial charge in [-0.1, -0.05) is 49.5 Å². The van der Waals surface area contributed by atoms with Gasteiger partial charge in [0.1, 0.15) is 5.75 Å². The highest BCUT2D eigenvalue weighted by molar-refractivity contribution is 6.34. The predicted molar refractivity (Wildman–Crippen MR) is 73.5 cm³/mol. The first-order valence-electron chi connectivity index (χ1n) is 6.03. The molecule has 5 heteroatoms. The first-order valence-corrected chi connectivity index (χ1v) is 6.41. The van der Waals surface area contributed by atoms with Crippen LogP contribution in [0.15, 0.2) is 23.4 Å². The quantitative estimate of drug-likeness (QED) is 0.361. The molecule has 0 aromatic heterocycles. The van der Waals surface area contributed by atoms with E-state index in [1.165, 1.54) is 0 Å². The Balaban J connectivity index is 2.92. The Bertz CT molecular complexity index is 417. The fourth-order valence-electron chi connectivity index (χ4n) is 1.66. The highest BCUT2D eigenvalue weighted by Crippen LogP contribution is 2.27. The molecule has 18 heavy (non-hydrogen) atoms. The zero-order valence-corrected chi connectivity index (χ0v) is 11.4. The second-order valence-corrected chi connectivity index (χ2v) is 4.50. The van der Waals surface area contributed by atoms with Gasteiger partial charge in [-0.05, 0) is 18.1 Å². The third-order valence-corrected chi connectivity index (χ3v) is 3.28. The summed E-state index contributed by atoms with van der Waals surface area (Å²) in [6, 6.07) is 5.22. The van der Waals surface area contributed by atoms with Crippen LogP contribution in [0.2, 0.25) is 5.02 Å². The molecule has 0 aliphatic carbocycles. The predicted octanol–water partition coefficient (Wildman–Crippen LogP) is 3.25. The molecule has 3 N–H and O–H groups in total. The molecule has 0 aliphatic rings. The van der Waals surface area contributed by atoms with Gasteiger partial charge in [-0.3, -0.25) is 0 Å². The van der Waals surface area contributed by atoms with E-state index in [1.807, 2.05) is 0 Å². The minimum Gasteiger partial charge on any atom is -0.492 e. The molecule has 0 aliphatic heterocycles. The van der Waals surface area contributed by atoms with Crippen molar-refractivity contribution in [2.45, 2.75) is 26.7 Å². The normalized spacial score (nSPS) is 11.9. The van der Waals surface area contributed by atoms with Crippen molar-refractivity contribution in [1.29, 1.82) is 0 Å². The number of oxime groups is 1. The summed E-state index contributed by atoms with van der Waals surface area (Å²) in [5.41, 5.74) is 6.04. The van der Waals surface area contributed by atoms with Crippen molar-refractivity contribution >= 4 is 17.4 Å². The van der Waals surface area contributed by atoms with Crippen LogP contribution in [0, 0.1) is 5.92 Å². The minimum absolute atomic E-state index is 0.0415. The van der Waals surface area contributed by atoms with E-state index in [2.05, 4.69) is 19.0 Å². The smallest absolute Gasteiger partial charge is 0.175 e. The van der Waals surface area contributed by atoms with Crippen molar-refractivity contribution in [3.8, 4) is 5.75 Å². The molecule has 0 fully saturated rings. The van der Waals surface area contributed by atoms with E-state index in [-0.39, 0.29) is 5.84 Å². The van der Waals surface area contributed by atoms with Crippen LogP contribution in [0.1, 0.15) is 32.3 Å². The van der Waals surface area contributed by atoms with Gasteiger partial charge < -0.3 is 15.7 Å². The monoisotopic (exact) mass is 270 g/mol. The Hall–Kier alpha value is -1.42. The zero-order chi connectivity index (χ0) is 13.5. The van der Waals surface area contributed by atoms with Gasteiger partial charge >= 0.3 is 0 Å². The molecule has 0 spiro atoms. The molecule has 0 unspecified atom stereocenters. The summed E-state index contributed by atoms with van der Waals surface area (Å²) in [4.78, 5) is 0. The number of benzene rings is 1. The summed E-state index contributed by atoms with van der Waals surface area (Å²) in [6.45, 7) is 4.85. The minimum atomic E-state index is -0.0415. The summed E-state index contributed by atoms with van der Waals surface area (Å²) < 4.78 is 5.73. The van der Waals surface area contributed by atoms with E-state index in [4.69, 9.17) is 27.3 Å². The number of hydrogen-bond acceptors (Lipinski definition) is 3. The summed E-state index contributed by atoms with van der Waals surface area (Å²) in [5, 5.41) is 12.1. The maximum absolute atomic E-state index is 8.76. The van der Waals surface area contributed by atoms with Crippen LogP contribution < -0.4 is 10.5 Å². The van der Waals surface area contributed by atoms with E-state index < -0.39 is 0 Å². The molecule has 0 atom stereocenters. The number of ether oxygens (including phenoxy) is 1. The number of amidine groups is 1. The van der Waals surface area contributed by atoms with Crippen molar-refractivity contribution in [3.05, 3.63) is 28.8 Å². The second-order valence-electron chi connectivity index (χ2n) is 4.09. The highest BCUT2D eigenvalue weighted by atomic mass is 35.5. The van der Waals surface area contributed by atoms with Crippen molar-refractivity contribution < 1.29 is 9.94 Å². The van der Waals surface area contributed by atoms with Gasteiger partial charge in [0.05, 0.1) is 17.2 Å². The van der Waals surface area contributed by atoms with Crippen molar-refractivity contribution in [2.75, 3.05) is 6.61 Å². The zero-order valence-electron chi connectivity index (χ0n) is 10.7. The van der Waals surface area contributed by atoms with Gasteiger partial charge in [0.2, 0.25) is 0 Å². The van der Waals surface area contributed by atoms with E-state index >= 15 is 0 Å². The maximum Gasteiger partial charge on any atom is 0.175 e. The molecule has 0 radical (unpaired) electrons. The van der Waals surface area contributed by atoms with Crippen LogP contribution in [-0.2, 0) is 0 Å². The molecular weight excluding hydrogens is 252 g/mol. The fraction of sp³-hybridized carbons (Fsp3) is 0.462. The van der Waals surface area contributed by atoms with Gasteiger partial charge in [0, 0.05) is 0 Å². The Kier molecular flexibility index (Phi) is 5.78. The van der Waals surface area contributed by atoms with Crippen molar-refractivity contribution in [2.24, 2.45) is 16.8 Å². The third kappa shape index (κ3) is 3.53. The first-order chi connectivity index (χ1) is 8.63. The van der Waals surface area contributed by atoms with Gasteiger partial charge in [-0.2, -0.15) is 0 Å². The van der Waals surface area contributed by atoms with E-state index in [0.29, 0.717) is 28.9 Å². The molecule has 1 aromatic rings. The Morgan fingerprint density at radius 1 is 1.44 bits per heavy atom. The maximum atomic E-state index is 8.76. The van der Waals surface area contributed by atoms with E-state index in [0.717, 1.165) is 12.8 Å². The standard InChI is InChI=1S/C13H19ClN2O2/c1-3-9(4-2)8-18-11-7-5-6-10(14)12(11)13(15)16-17/h5-7,9,17H,3-4,8H2,1-2H3,(H2,15,16). The molecule has 0 amide bonds. The molecule has 4 nitrogen and oxygen atoms in total. The van der Waals surface area contributed by atoms with E-state index in [9.17, 15) is 0 Å². The SMILES string of the molecule is CCC(CC)COc1cccc(Cl)c1/C(N)=N/O. The molecule has 1 rings (SSSR count). The van der Waals surface area contributed by atoms with Crippen LogP contribution >= 0.6 is 11.6 Å². The Morgan fingerprint density at radius 3 is 2.67 bits per heavy atom. The Morgan fingerprint density at radius 2 is 2.11 bits per heavy atom. The number of nitrogens with two attached hydrogens (primary N) is 1. The molecule has 100 valence electrons. The van der Waals surface area contributed by atoms with Crippen LogP contribution in [0.4, 0.5) is 0 Å². The van der Waals surface area contributed by atoms with Gasteiger partial charge in [0.25, 0.3) is 0 Å².